The van der Waals surface area contributed by atoms with Crippen molar-refractivity contribution in [1.29, 1.82) is 0 Å². The highest BCUT2D eigenvalue weighted by Crippen LogP contribution is 2.57. The third-order valence-corrected chi connectivity index (χ3v) is 5.75. The molecule has 0 saturated carbocycles. The third-order valence-electron chi connectivity index (χ3n) is 5.75. The Hall–Kier alpha value is -2.79. The molecular weight excluding hydrogens is 420 g/mol. The zero-order valence-electron chi connectivity index (χ0n) is 15.9. The van der Waals surface area contributed by atoms with Gasteiger partial charge in [-0.15, -0.1) is 0 Å². The summed E-state index contributed by atoms with van der Waals surface area (Å²) in [5, 5.41) is 43.6. The standard InChI is InChI=1S/C21H18F4N2O4/c22-13-5-15(12-7-26-27(8-12)19(9-28,10-29)11-30)18-14-3-1-2-4-16(14)20(31,17(18)6-13)21(23,24)25/h1-8,28-31H,9-11H2/t20-/m1/s1. The van der Waals surface area contributed by atoms with E-state index in [4.69, 9.17) is 0 Å². The van der Waals surface area contributed by atoms with E-state index in [1.54, 1.807) is 0 Å². The maximum atomic E-state index is 14.5. The number of aliphatic hydroxyl groups is 4. The molecule has 0 amide bonds. The first-order valence-electron chi connectivity index (χ1n) is 9.24. The maximum absolute atomic E-state index is 14.5. The van der Waals surface area contributed by atoms with Crippen LogP contribution in [0.2, 0.25) is 0 Å². The smallest absolute Gasteiger partial charge is 0.394 e. The number of alkyl halides is 3. The van der Waals surface area contributed by atoms with Gasteiger partial charge in [0.25, 0.3) is 0 Å². The Morgan fingerprint density at radius 3 is 2.19 bits per heavy atom. The molecule has 0 unspecified atom stereocenters. The van der Waals surface area contributed by atoms with Crippen molar-refractivity contribution < 1.29 is 38.0 Å². The van der Waals surface area contributed by atoms with E-state index in [1.807, 2.05) is 0 Å². The summed E-state index contributed by atoms with van der Waals surface area (Å²) in [6, 6.07) is 7.10. The molecule has 1 aliphatic carbocycles. The average Bonchev–Trinajstić information content (AvgIpc) is 3.33. The molecule has 1 aliphatic rings. The molecule has 31 heavy (non-hydrogen) atoms. The van der Waals surface area contributed by atoms with Crippen molar-refractivity contribution in [3.63, 3.8) is 0 Å². The second-order valence-electron chi connectivity index (χ2n) is 7.50. The Balaban J connectivity index is 1.99. The van der Waals surface area contributed by atoms with Gasteiger partial charge in [-0.2, -0.15) is 18.3 Å². The lowest BCUT2D eigenvalue weighted by Gasteiger charge is -2.28. The first kappa shape index (κ1) is 21.4. The summed E-state index contributed by atoms with van der Waals surface area (Å²) >= 11 is 0. The summed E-state index contributed by atoms with van der Waals surface area (Å²) in [5.41, 5.74) is -5.69. The molecule has 1 aromatic heterocycles. The minimum absolute atomic E-state index is 0.000953. The normalized spacial score (nSPS) is 18.2. The van der Waals surface area contributed by atoms with E-state index < -0.39 is 54.1 Å². The number of hydrogen-bond donors (Lipinski definition) is 4. The Bertz CT molecular complexity index is 1130. The summed E-state index contributed by atoms with van der Waals surface area (Å²) in [4.78, 5) is 0. The second kappa shape index (κ2) is 7.13. The van der Waals surface area contributed by atoms with Crippen molar-refractivity contribution in [2.24, 2.45) is 0 Å². The summed E-state index contributed by atoms with van der Waals surface area (Å²) < 4.78 is 57.5. The van der Waals surface area contributed by atoms with Crippen LogP contribution in [0, 0.1) is 5.82 Å². The Labute approximate surface area is 173 Å². The van der Waals surface area contributed by atoms with E-state index in [0.29, 0.717) is 6.07 Å². The van der Waals surface area contributed by atoms with Gasteiger partial charge in [0, 0.05) is 22.9 Å². The predicted octanol–water partition coefficient (Wildman–Crippen LogP) is 2.14. The van der Waals surface area contributed by atoms with Crippen LogP contribution in [0.5, 0.6) is 0 Å². The van der Waals surface area contributed by atoms with Crippen LogP contribution in [-0.4, -0.2) is 56.2 Å². The fourth-order valence-electron chi connectivity index (χ4n) is 3.97. The summed E-state index contributed by atoms with van der Waals surface area (Å²) in [6.07, 6.45) is -2.60. The van der Waals surface area contributed by atoms with E-state index >= 15 is 0 Å². The number of rotatable bonds is 5. The highest BCUT2D eigenvalue weighted by Gasteiger charge is 2.61. The number of aliphatic hydroxyl groups excluding tert-OH is 3. The minimum Gasteiger partial charge on any atom is -0.394 e. The number of nitrogens with zero attached hydrogens (tertiary/aromatic N) is 2. The molecule has 4 N–H and O–H groups in total. The van der Waals surface area contributed by atoms with Crippen molar-refractivity contribution in [1.82, 2.24) is 9.78 Å². The summed E-state index contributed by atoms with van der Waals surface area (Å²) in [5.74, 6) is -0.991. The number of benzene rings is 2. The number of fused-ring (bicyclic) bond motifs is 3. The van der Waals surface area contributed by atoms with Crippen LogP contribution in [0.3, 0.4) is 0 Å². The molecule has 4 rings (SSSR count). The maximum Gasteiger partial charge on any atom is 0.425 e. The van der Waals surface area contributed by atoms with E-state index in [9.17, 15) is 38.0 Å². The van der Waals surface area contributed by atoms with Gasteiger partial charge >= 0.3 is 6.18 Å². The molecule has 0 saturated heterocycles. The molecule has 10 heteroatoms. The molecule has 164 valence electrons. The van der Waals surface area contributed by atoms with Crippen LogP contribution >= 0.6 is 0 Å². The van der Waals surface area contributed by atoms with Crippen LogP contribution < -0.4 is 0 Å². The van der Waals surface area contributed by atoms with Crippen molar-refractivity contribution in [2.75, 3.05) is 19.8 Å². The fraction of sp³-hybridized carbons (Fsp3) is 0.286. The summed E-state index contributed by atoms with van der Waals surface area (Å²) in [6.45, 7) is -2.00. The highest BCUT2D eigenvalue weighted by molar-refractivity contribution is 5.92. The van der Waals surface area contributed by atoms with E-state index in [2.05, 4.69) is 5.10 Å². The molecule has 0 aliphatic heterocycles. The molecule has 2 aromatic carbocycles. The Morgan fingerprint density at radius 1 is 0.935 bits per heavy atom. The van der Waals surface area contributed by atoms with Gasteiger partial charge in [-0.05, 0) is 28.8 Å². The zero-order valence-corrected chi connectivity index (χ0v) is 15.9. The first-order valence-corrected chi connectivity index (χ1v) is 9.24. The van der Waals surface area contributed by atoms with Crippen LogP contribution in [-0.2, 0) is 11.1 Å². The lowest BCUT2D eigenvalue weighted by Crippen LogP contribution is -2.45. The lowest BCUT2D eigenvalue weighted by molar-refractivity contribution is -0.246. The summed E-state index contributed by atoms with van der Waals surface area (Å²) in [7, 11) is 0. The van der Waals surface area contributed by atoms with Crippen LogP contribution in [0.25, 0.3) is 22.3 Å². The number of aromatic nitrogens is 2. The number of hydrogen-bond acceptors (Lipinski definition) is 5. The van der Waals surface area contributed by atoms with Gasteiger partial charge in [-0.3, -0.25) is 4.68 Å². The quantitative estimate of drug-likeness (QED) is 0.458. The monoisotopic (exact) mass is 438 g/mol. The molecule has 6 nitrogen and oxygen atoms in total. The molecule has 3 aromatic rings. The molecular formula is C21H18F4N2O4. The van der Waals surface area contributed by atoms with Crippen LogP contribution in [0.4, 0.5) is 17.6 Å². The molecule has 1 atom stereocenters. The Kier molecular flexibility index (Phi) is 4.93. The topological polar surface area (TPSA) is 98.7 Å². The van der Waals surface area contributed by atoms with E-state index in [-0.39, 0.29) is 22.3 Å². The minimum atomic E-state index is -5.11. The van der Waals surface area contributed by atoms with Crippen molar-refractivity contribution in [3.05, 3.63) is 65.7 Å². The SMILES string of the molecule is OCC(CO)(CO)n1cc(-c2cc(F)cc3c2-c2ccccc2[C@]3(O)C(F)(F)F)cn1. The van der Waals surface area contributed by atoms with Crippen molar-refractivity contribution in [2.45, 2.75) is 17.3 Å². The molecule has 0 bridgehead atoms. The average molecular weight is 438 g/mol. The fourth-order valence-corrected chi connectivity index (χ4v) is 3.97. The van der Waals surface area contributed by atoms with Gasteiger partial charge in [-0.25, -0.2) is 4.39 Å². The van der Waals surface area contributed by atoms with Gasteiger partial charge in [-0.1, -0.05) is 24.3 Å². The van der Waals surface area contributed by atoms with Crippen LogP contribution in [0.15, 0.2) is 48.8 Å². The zero-order chi connectivity index (χ0) is 22.6. The van der Waals surface area contributed by atoms with Gasteiger partial charge in [0.2, 0.25) is 5.60 Å². The van der Waals surface area contributed by atoms with Gasteiger partial charge in [0.1, 0.15) is 11.4 Å². The predicted molar refractivity (Wildman–Crippen MR) is 101 cm³/mol. The van der Waals surface area contributed by atoms with Gasteiger partial charge in [0.15, 0.2) is 0 Å². The van der Waals surface area contributed by atoms with Gasteiger partial charge < -0.3 is 20.4 Å². The van der Waals surface area contributed by atoms with Crippen molar-refractivity contribution in [3.8, 4) is 22.3 Å². The molecule has 1 heterocycles. The third kappa shape index (κ3) is 2.90. The largest absolute Gasteiger partial charge is 0.425 e. The molecule has 0 radical (unpaired) electrons. The van der Waals surface area contributed by atoms with E-state index in [1.165, 1.54) is 30.6 Å². The highest BCUT2D eigenvalue weighted by atomic mass is 19.4. The first-order chi connectivity index (χ1) is 14.6. The lowest BCUT2D eigenvalue weighted by atomic mass is 9.89. The van der Waals surface area contributed by atoms with Crippen LogP contribution in [0.1, 0.15) is 11.1 Å². The van der Waals surface area contributed by atoms with Crippen molar-refractivity contribution >= 4 is 0 Å². The Morgan fingerprint density at radius 2 is 1.58 bits per heavy atom. The molecule has 0 spiro atoms. The van der Waals surface area contributed by atoms with Gasteiger partial charge in [0.05, 0.1) is 26.0 Å². The molecule has 0 fully saturated rings. The second-order valence-corrected chi connectivity index (χ2v) is 7.50. The van der Waals surface area contributed by atoms with E-state index in [0.717, 1.165) is 16.8 Å². The number of halogens is 4.